The second-order valence-electron chi connectivity index (χ2n) is 3.16. The molecule has 2 N–H and O–H groups in total. The molecule has 0 aliphatic carbocycles. The Kier molecular flexibility index (Phi) is 1.37. The normalized spacial score (nSPS) is 11.2. The molecule has 6 nitrogen and oxygen atoms in total. The highest BCUT2D eigenvalue weighted by Gasteiger charge is 2.19. The quantitative estimate of drug-likeness (QED) is 0.614. The summed E-state index contributed by atoms with van der Waals surface area (Å²) < 4.78 is 1.55. The fourth-order valence-electron chi connectivity index (χ4n) is 1.75. The van der Waals surface area contributed by atoms with Crippen molar-refractivity contribution in [1.29, 1.82) is 0 Å². The molecule has 0 unspecified atom stereocenters. The summed E-state index contributed by atoms with van der Waals surface area (Å²) in [5.41, 5.74) is 1.28. The summed E-state index contributed by atoms with van der Waals surface area (Å²) in [5, 5.41) is 19.7. The van der Waals surface area contributed by atoms with E-state index in [0.717, 1.165) is 5.52 Å². The van der Waals surface area contributed by atoms with E-state index in [2.05, 4.69) is 15.5 Å². The fourth-order valence-corrected chi connectivity index (χ4v) is 1.75. The number of aromatic carboxylic acids is 1. The Bertz CT molecular complexity index is 667. The molecule has 0 amide bonds. The first-order valence-corrected chi connectivity index (χ1v) is 4.32. The highest BCUT2D eigenvalue weighted by molar-refractivity contribution is 6.09. The van der Waals surface area contributed by atoms with Crippen LogP contribution >= 0.6 is 0 Å². The van der Waals surface area contributed by atoms with Crippen LogP contribution in [0.5, 0.6) is 0 Å². The van der Waals surface area contributed by atoms with Crippen LogP contribution in [-0.4, -0.2) is 31.1 Å². The molecule has 3 aromatic rings. The number of para-hydroxylation sites is 1. The van der Waals surface area contributed by atoms with Crippen molar-refractivity contribution in [2.24, 2.45) is 0 Å². The largest absolute Gasteiger partial charge is 0.478 e. The number of carbonyl (C=O) groups is 1. The van der Waals surface area contributed by atoms with Crippen molar-refractivity contribution in [3.63, 3.8) is 0 Å². The first-order valence-electron chi connectivity index (χ1n) is 4.32. The standard InChI is InChI=1S/C9H6N4O2/c14-9(15)7-5-3-1-2-4-6(5)13-8(7)10-11-12-13/h1-4H,(H,10,12)(H,14,15). The van der Waals surface area contributed by atoms with Crippen molar-refractivity contribution >= 4 is 22.5 Å². The number of nitrogens with zero attached hydrogens (tertiary/aromatic N) is 3. The Morgan fingerprint density at radius 1 is 1.40 bits per heavy atom. The van der Waals surface area contributed by atoms with E-state index in [-0.39, 0.29) is 5.56 Å². The maximum atomic E-state index is 11.1. The Labute approximate surface area is 83.1 Å². The highest BCUT2D eigenvalue weighted by Crippen LogP contribution is 2.23. The number of hydrogen-bond acceptors (Lipinski definition) is 3. The number of fused-ring (bicyclic) bond motifs is 3. The first kappa shape index (κ1) is 7.98. The number of carboxylic acid groups (broad SMARTS) is 1. The Hall–Kier alpha value is -2.37. The van der Waals surface area contributed by atoms with Gasteiger partial charge in [0.2, 0.25) is 0 Å². The molecule has 0 aliphatic rings. The van der Waals surface area contributed by atoms with Crippen molar-refractivity contribution in [1.82, 2.24) is 20.0 Å². The van der Waals surface area contributed by atoms with Crippen LogP contribution in [0, 0.1) is 0 Å². The van der Waals surface area contributed by atoms with Crippen LogP contribution in [0.1, 0.15) is 10.4 Å². The average molecular weight is 202 g/mol. The van der Waals surface area contributed by atoms with Crippen molar-refractivity contribution < 1.29 is 9.90 Å². The van der Waals surface area contributed by atoms with Gasteiger partial charge in [-0.25, -0.2) is 9.31 Å². The number of hydrogen-bond donors (Lipinski definition) is 2. The van der Waals surface area contributed by atoms with Gasteiger partial charge in [0.1, 0.15) is 5.56 Å². The van der Waals surface area contributed by atoms with Gasteiger partial charge < -0.3 is 5.11 Å². The lowest BCUT2D eigenvalue weighted by molar-refractivity contribution is 0.0701. The second-order valence-corrected chi connectivity index (χ2v) is 3.16. The zero-order chi connectivity index (χ0) is 10.4. The number of benzene rings is 1. The molecule has 0 fully saturated rings. The molecular formula is C9H6N4O2. The minimum Gasteiger partial charge on any atom is -0.478 e. The summed E-state index contributed by atoms with van der Waals surface area (Å²) in [7, 11) is 0. The van der Waals surface area contributed by atoms with Gasteiger partial charge in [-0.3, -0.25) is 0 Å². The maximum Gasteiger partial charge on any atom is 0.340 e. The fraction of sp³-hybridized carbons (Fsp3) is 0. The van der Waals surface area contributed by atoms with Crippen molar-refractivity contribution in [3.8, 4) is 0 Å². The van der Waals surface area contributed by atoms with Gasteiger partial charge in [-0.2, -0.15) is 5.21 Å². The molecule has 6 heteroatoms. The lowest BCUT2D eigenvalue weighted by atomic mass is 10.2. The van der Waals surface area contributed by atoms with Crippen molar-refractivity contribution in [2.75, 3.05) is 0 Å². The molecule has 0 saturated heterocycles. The summed E-state index contributed by atoms with van der Waals surface area (Å²) in [4.78, 5) is 11.1. The summed E-state index contributed by atoms with van der Waals surface area (Å²) >= 11 is 0. The van der Waals surface area contributed by atoms with Crippen LogP contribution in [0.25, 0.3) is 16.6 Å². The predicted molar refractivity (Wildman–Crippen MR) is 51.8 cm³/mol. The van der Waals surface area contributed by atoms with Crippen LogP contribution in [0.3, 0.4) is 0 Å². The van der Waals surface area contributed by atoms with Gasteiger partial charge in [0, 0.05) is 5.39 Å². The van der Waals surface area contributed by atoms with Gasteiger partial charge in [-0.15, -0.1) is 5.10 Å². The molecule has 2 heterocycles. The van der Waals surface area contributed by atoms with Gasteiger partial charge in [0.25, 0.3) is 0 Å². The van der Waals surface area contributed by atoms with Gasteiger partial charge in [-0.1, -0.05) is 23.4 Å². The van der Waals surface area contributed by atoms with Crippen LogP contribution in [0.4, 0.5) is 0 Å². The van der Waals surface area contributed by atoms with E-state index < -0.39 is 5.97 Å². The smallest absolute Gasteiger partial charge is 0.340 e. The molecule has 0 spiro atoms. The minimum atomic E-state index is -0.998. The zero-order valence-corrected chi connectivity index (χ0v) is 7.51. The summed E-state index contributed by atoms with van der Waals surface area (Å²) in [6.07, 6.45) is 0. The number of aromatic nitrogens is 4. The first-order chi connectivity index (χ1) is 7.29. The van der Waals surface area contributed by atoms with E-state index in [1.54, 1.807) is 16.6 Å². The highest BCUT2D eigenvalue weighted by atomic mass is 16.4. The van der Waals surface area contributed by atoms with E-state index in [1.807, 2.05) is 12.1 Å². The van der Waals surface area contributed by atoms with Gasteiger partial charge in [0.15, 0.2) is 5.65 Å². The number of nitrogens with one attached hydrogen (secondary N) is 1. The lowest BCUT2D eigenvalue weighted by Gasteiger charge is -1.90. The average Bonchev–Trinajstić information content (AvgIpc) is 2.75. The molecule has 2 aromatic heterocycles. The summed E-state index contributed by atoms with van der Waals surface area (Å²) in [6.45, 7) is 0. The Morgan fingerprint density at radius 3 is 3.00 bits per heavy atom. The molecule has 0 radical (unpaired) electrons. The second kappa shape index (κ2) is 2.57. The molecule has 0 bridgehead atoms. The molecule has 0 saturated carbocycles. The Morgan fingerprint density at radius 2 is 2.20 bits per heavy atom. The number of carboxylic acids is 1. The number of H-pyrrole nitrogens is 1. The third-order valence-electron chi connectivity index (χ3n) is 2.35. The number of aromatic amines is 1. The van der Waals surface area contributed by atoms with E-state index in [1.165, 1.54) is 0 Å². The van der Waals surface area contributed by atoms with Crippen molar-refractivity contribution in [2.45, 2.75) is 0 Å². The van der Waals surface area contributed by atoms with Crippen LogP contribution in [-0.2, 0) is 0 Å². The number of tetrazole rings is 1. The predicted octanol–water partition coefficient (Wildman–Crippen LogP) is 0.909. The van der Waals surface area contributed by atoms with E-state index in [4.69, 9.17) is 5.11 Å². The van der Waals surface area contributed by atoms with Crippen molar-refractivity contribution in [3.05, 3.63) is 29.8 Å². The molecule has 15 heavy (non-hydrogen) atoms. The molecular weight excluding hydrogens is 196 g/mol. The van der Waals surface area contributed by atoms with Gasteiger partial charge >= 0.3 is 5.97 Å². The Balaban J connectivity index is 2.64. The topological polar surface area (TPSA) is 83.3 Å². The lowest BCUT2D eigenvalue weighted by Crippen LogP contribution is -1.95. The zero-order valence-electron chi connectivity index (χ0n) is 7.51. The van der Waals surface area contributed by atoms with Crippen LogP contribution in [0.2, 0.25) is 0 Å². The maximum absolute atomic E-state index is 11.1. The monoisotopic (exact) mass is 202 g/mol. The van der Waals surface area contributed by atoms with E-state index >= 15 is 0 Å². The minimum absolute atomic E-state index is 0.180. The van der Waals surface area contributed by atoms with Crippen LogP contribution in [0.15, 0.2) is 24.3 Å². The summed E-state index contributed by atoms with van der Waals surface area (Å²) in [5.74, 6) is -0.998. The molecule has 74 valence electrons. The molecule has 3 rings (SSSR count). The third kappa shape index (κ3) is 0.899. The summed E-state index contributed by atoms with van der Waals surface area (Å²) in [6, 6.07) is 7.19. The van der Waals surface area contributed by atoms with Gasteiger partial charge in [-0.05, 0) is 6.07 Å². The molecule has 0 atom stereocenters. The SMILES string of the molecule is O=C(O)c1c2ccccc2n2[nH]nnc12. The third-order valence-corrected chi connectivity index (χ3v) is 2.35. The van der Waals surface area contributed by atoms with Gasteiger partial charge in [0.05, 0.1) is 5.52 Å². The molecule has 0 aliphatic heterocycles. The molecule has 1 aromatic carbocycles. The van der Waals surface area contributed by atoms with Crippen LogP contribution < -0.4 is 0 Å². The van der Waals surface area contributed by atoms with E-state index in [9.17, 15) is 4.79 Å². The number of rotatable bonds is 1. The van der Waals surface area contributed by atoms with E-state index in [0.29, 0.717) is 11.0 Å².